The number of nitrogens with one attached hydrogen (secondary N) is 3. The molecule has 222 valence electrons. The largest absolute Gasteiger partial charge is 0.340 e. The first-order chi connectivity index (χ1) is 21.1. The maximum atomic E-state index is 12.7. The van der Waals surface area contributed by atoms with Gasteiger partial charge in [-0.1, -0.05) is 65.9 Å². The van der Waals surface area contributed by atoms with Gasteiger partial charge in [0.25, 0.3) is 0 Å². The molecule has 3 N–H and O–H groups in total. The molecule has 2 amide bonds. The summed E-state index contributed by atoms with van der Waals surface area (Å²) in [5.74, 6) is 0.526. The number of carbonyl (C=O) groups is 1. The molecule has 12 nitrogen and oxygen atoms in total. The molecular weight excluding hydrogens is 566 g/mol. The Kier molecular flexibility index (Phi) is 8.75. The van der Waals surface area contributed by atoms with Crippen LogP contribution in [0.5, 0.6) is 0 Å². The average Bonchev–Trinajstić information content (AvgIpc) is 3.73. The number of piperazine rings is 1. The topological polar surface area (TPSA) is 137 Å². The molecule has 1 saturated heterocycles. The van der Waals surface area contributed by atoms with Crippen molar-refractivity contribution in [2.45, 2.75) is 25.0 Å². The van der Waals surface area contributed by atoms with E-state index in [1.54, 1.807) is 12.7 Å². The lowest BCUT2D eigenvalue weighted by Crippen LogP contribution is -2.53. The van der Waals surface area contributed by atoms with Gasteiger partial charge in [0.15, 0.2) is 11.1 Å². The molecule has 4 heterocycles. The van der Waals surface area contributed by atoms with Crippen LogP contribution in [0.25, 0.3) is 11.2 Å². The fourth-order valence-electron chi connectivity index (χ4n) is 5.69. The van der Waals surface area contributed by atoms with Crippen LogP contribution in [0.2, 0.25) is 0 Å². The second-order valence-electron chi connectivity index (χ2n) is 10.5. The fourth-order valence-corrected chi connectivity index (χ4v) is 5.82. The molecule has 2 atom stereocenters. The maximum Gasteiger partial charge on any atom is 0.317 e. The van der Waals surface area contributed by atoms with E-state index in [4.69, 9.17) is 17.0 Å². The first kappa shape index (κ1) is 28.6. The SMILES string of the molecule is N=c1ncn(Cc2cn([C@@H](c3ccccc3)[C@@H](c3ccccc3)N3CCN(C(=O)NCCCCl)CC3)nn2)c2nc[nH]c12. The normalized spacial score (nSPS) is 15.4. The molecule has 0 unspecified atom stereocenters. The van der Waals surface area contributed by atoms with Gasteiger partial charge >= 0.3 is 6.03 Å². The molecule has 1 fully saturated rings. The van der Waals surface area contributed by atoms with Crippen LogP contribution in [-0.4, -0.2) is 88.9 Å². The summed E-state index contributed by atoms with van der Waals surface area (Å²) in [6.07, 6.45) is 5.90. The Morgan fingerprint density at radius 3 is 2.37 bits per heavy atom. The number of aromatic amines is 1. The highest BCUT2D eigenvalue weighted by atomic mass is 35.5. The Labute approximate surface area is 253 Å². The van der Waals surface area contributed by atoms with Crippen LogP contribution in [0.3, 0.4) is 0 Å². The summed E-state index contributed by atoms with van der Waals surface area (Å²) in [6.45, 7) is 3.65. The number of urea groups is 1. The van der Waals surface area contributed by atoms with Crippen LogP contribution in [0.4, 0.5) is 4.79 Å². The van der Waals surface area contributed by atoms with Crippen molar-refractivity contribution in [1.29, 1.82) is 5.41 Å². The Balaban J connectivity index is 1.31. The van der Waals surface area contributed by atoms with Crippen molar-refractivity contribution >= 4 is 28.8 Å². The number of halogens is 1. The molecule has 6 rings (SSSR count). The zero-order valence-electron chi connectivity index (χ0n) is 23.7. The van der Waals surface area contributed by atoms with Gasteiger partial charge in [-0.15, -0.1) is 16.7 Å². The molecule has 0 spiro atoms. The molecule has 43 heavy (non-hydrogen) atoms. The second-order valence-corrected chi connectivity index (χ2v) is 10.9. The van der Waals surface area contributed by atoms with Gasteiger partial charge in [-0.25, -0.2) is 19.4 Å². The van der Waals surface area contributed by atoms with Crippen molar-refractivity contribution in [2.75, 3.05) is 38.6 Å². The van der Waals surface area contributed by atoms with Gasteiger partial charge in [-0.3, -0.25) is 10.3 Å². The monoisotopic (exact) mass is 599 g/mol. The van der Waals surface area contributed by atoms with Crippen LogP contribution in [0, 0.1) is 5.41 Å². The number of imidazole rings is 1. The molecule has 0 bridgehead atoms. The second kappa shape index (κ2) is 13.2. The average molecular weight is 600 g/mol. The number of nitrogens with zero attached hydrogens (tertiary/aromatic N) is 8. The van der Waals surface area contributed by atoms with Crippen LogP contribution in [-0.2, 0) is 6.54 Å². The summed E-state index contributed by atoms with van der Waals surface area (Å²) in [6, 6.07) is 20.5. The van der Waals surface area contributed by atoms with Gasteiger partial charge in [0.1, 0.15) is 11.2 Å². The Morgan fingerprint density at radius 2 is 1.67 bits per heavy atom. The molecule has 5 aromatic rings. The zero-order valence-corrected chi connectivity index (χ0v) is 24.4. The summed E-state index contributed by atoms with van der Waals surface area (Å²) < 4.78 is 3.81. The number of amides is 2. The van der Waals surface area contributed by atoms with Gasteiger partial charge in [0, 0.05) is 38.6 Å². The fraction of sp³-hybridized carbons (Fsp3) is 0.333. The first-order valence-electron chi connectivity index (χ1n) is 14.4. The molecule has 1 aliphatic rings. The number of hydrogen-bond donors (Lipinski definition) is 3. The van der Waals surface area contributed by atoms with Crippen molar-refractivity contribution < 1.29 is 4.79 Å². The molecule has 13 heteroatoms. The quantitative estimate of drug-likeness (QED) is 0.167. The molecule has 2 aromatic carbocycles. The van der Waals surface area contributed by atoms with Crippen molar-refractivity contribution in [3.05, 3.63) is 102 Å². The molecular formula is C30H34ClN11O. The predicted octanol–water partition coefficient (Wildman–Crippen LogP) is 3.17. The van der Waals surface area contributed by atoms with Crippen LogP contribution < -0.4 is 10.8 Å². The highest BCUT2D eigenvalue weighted by Crippen LogP contribution is 2.37. The Morgan fingerprint density at radius 1 is 0.977 bits per heavy atom. The summed E-state index contributed by atoms with van der Waals surface area (Å²) >= 11 is 5.78. The van der Waals surface area contributed by atoms with Crippen LogP contribution in [0.15, 0.2) is 79.5 Å². The highest BCUT2D eigenvalue weighted by Gasteiger charge is 2.35. The lowest BCUT2D eigenvalue weighted by molar-refractivity contribution is 0.0875. The number of alkyl halides is 1. The lowest BCUT2D eigenvalue weighted by atomic mass is 9.91. The van der Waals surface area contributed by atoms with E-state index in [-0.39, 0.29) is 23.6 Å². The Bertz CT molecular complexity index is 1690. The number of H-pyrrole nitrogens is 1. The van der Waals surface area contributed by atoms with Gasteiger partial charge < -0.3 is 19.8 Å². The van der Waals surface area contributed by atoms with Crippen LogP contribution >= 0.6 is 11.6 Å². The molecule has 1 aliphatic heterocycles. The Hall–Kier alpha value is -4.55. The van der Waals surface area contributed by atoms with E-state index in [1.807, 2.05) is 44.6 Å². The molecule has 0 radical (unpaired) electrons. The minimum Gasteiger partial charge on any atom is -0.340 e. The van der Waals surface area contributed by atoms with Crippen molar-refractivity contribution in [3.63, 3.8) is 0 Å². The minimum atomic E-state index is -0.182. The van der Waals surface area contributed by atoms with Gasteiger partial charge in [-0.2, -0.15) is 0 Å². The van der Waals surface area contributed by atoms with E-state index >= 15 is 0 Å². The molecule has 3 aromatic heterocycles. The summed E-state index contributed by atoms with van der Waals surface area (Å²) in [7, 11) is 0. The van der Waals surface area contributed by atoms with Crippen molar-refractivity contribution in [3.8, 4) is 0 Å². The van der Waals surface area contributed by atoms with Gasteiger partial charge in [0.2, 0.25) is 0 Å². The van der Waals surface area contributed by atoms with E-state index in [2.05, 4.69) is 71.9 Å². The van der Waals surface area contributed by atoms with E-state index in [0.717, 1.165) is 23.2 Å². The standard InChI is InChI=1S/C30H34ClN11O/c31-12-7-13-33-30(43)40-16-14-39(15-17-40)26(22-8-3-1-4-9-22)27(23-10-5-2-6-11-23)42-19-24(37-38-42)18-41-21-36-28(32)25-29(41)35-20-34-25/h1-6,8-11,19-21,26-27,32H,7,12-18H2,(H,33,43)(H,34,35)/t26-,27+/m1/s1. The minimum absolute atomic E-state index is 0.0435. The summed E-state index contributed by atoms with van der Waals surface area (Å²) in [4.78, 5) is 28.6. The van der Waals surface area contributed by atoms with E-state index in [0.29, 0.717) is 56.3 Å². The van der Waals surface area contributed by atoms with E-state index < -0.39 is 0 Å². The smallest absolute Gasteiger partial charge is 0.317 e. The number of benzene rings is 2. The number of carbonyl (C=O) groups excluding carboxylic acids is 1. The molecule has 0 saturated carbocycles. The molecule has 0 aliphatic carbocycles. The third-order valence-electron chi connectivity index (χ3n) is 7.79. The third kappa shape index (κ3) is 6.30. The summed E-state index contributed by atoms with van der Waals surface area (Å²) in [5.41, 5.74) is 4.39. The third-order valence-corrected chi connectivity index (χ3v) is 8.06. The first-order valence-corrected chi connectivity index (χ1v) is 14.9. The van der Waals surface area contributed by atoms with Crippen LogP contribution in [0.1, 0.15) is 35.3 Å². The zero-order chi connectivity index (χ0) is 29.6. The maximum absolute atomic E-state index is 12.7. The van der Waals surface area contributed by atoms with Gasteiger partial charge in [-0.05, 0) is 17.5 Å². The van der Waals surface area contributed by atoms with Gasteiger partial charge in [0.05, 0.1) is 37.5 Å². The number of fused-ring (bicyclic) bond motifs is 1. The van der Waals surface area contributed by atoms with E-state index in [9.17, 15) is 4.79 Å². The summed E-state index contributed by atoms with van der Waals surface area (Å²) in [5, 5.41) is 20.2. The lowest BCUT2D eigenvalue weighted by Gasteiger charge is -2.42. The van der Waals surface area contributed by atoms with E-state index in [1.165, 1.54) is 0 Å². The number of hydrogen-bond acceptors (Lipinski definition) is 7. The number of aromatic nitrogens is 7. The predicted molar refractivity (Wildman–Crippen MR) is 163 cm³/mol. The number of rotatable bonds is 10. The van der Waals surface area contributed by atoms with Crippen molar-refractivity contribution in [2.24, 2.45) is 0 Å². The highest BCUT2D eigenvalue weighted by molar-refractivity contribution is 6.17. The van der Waals surface area contributed by atoms with Crippen molar-refractivity contribution in [1.82, 2.24) is 49.6 Å².